The molecule has 0 spiro atoms. The normalized spacial score (nSPS) is 15.3. The summed E-state index contributed by atoms with van der Waals surface area (Å²) in [7, 11) is 0. The Morgan fingerprint density at radius 1 is 1.22 bits per heavy atom. The average molecular weight is 430 g/mol. The van der Waals surface area contributed by atoms with Crippen LogP contribution in [0.4, 0.5) is 0 Å². The maximum atomic E-state index is 12.2. The van der Waals surface area contributed by atoms with Gasteiger partial charge in [-0.15, -0.1) is 0 Å². The summed E-state index contributed by atoms with van der Waals surface area (Å²) in [6.45, 7) is 4.39. The Labute approximate surface area is 166 Å². The summed E-state index contributed by atoms with van der Waals surface area (Å²) < 4.78 is 12.0. The van der Waals surface area contributed by atoms with E-state index < -0.39 is 5.91 Å². The van der Waals surface area contributed by atoms with Crippen molar-refractivity contribution in [3.05, 3.63) is 52.2 Å². The monoisotopic (exact) mass is 429 g/mol. The lowest BCUT2D eigenvalue weighted by Crippen LogP contribution is -2.41. The first-order valence-corrected chi connectivity index (χ1v) is 9.51. The standard InChI is InChI=1S/C20H20BrN3O3/c21-17-3-1-15(2-4-17)19-6-5-18(27-19)13-16(14-22)20(25)23-7-8-24-9-11-26-12-10-24/h1-6,13H,7-12H2,(H,23,25). The largest absolute Gasteiger partial charge is 0.457 e. The maximum absolute atomic E-state index is 12.2. The third-order valence-corrected chi connectivity index (χ3v) is 4.75. The summed E-state index contributed by atoms with van der Waals surface area (Å²) >= 11 is 3.40. The molecule has 3 rings (SSSR count). The van der Waals surface area contributed by atoms with Crippen molar-refractivity contribution in [1.82, 2.24) is 10.2 Å². The predicted octanol–water partition coefficient (Wildman–Crippen LogP) is 3.06. The third kappa shape index (κ3) is 5.54. The van der Waals surface area contributed by atoms with E-state index in [2.05, 4.69) is 26.1 Å². The van der Waals surface area contributed by atoms with E-state index in [1.54, 1.807) is 6.07 Å². The van der Waals surface area contributed by atoms with Gasteiger partial charge in [0.25, 0.3) is 5.91 Å². The molecule has 0 atom stereocenters. The topological polar surface area (TPSA) is 78.5 Å². The van der Waals surface area contributed by atoms with Crippen molar-refractivity contribution in [1.29, 1.82) is 5.26 Å². The van der Waals surface area contributed by atoms with Gasteiger partial charge in [-0.1, -0.05) is 28.1 Å². The molecular weight excluding hydrogens is 410 g/mol. The minimum atomic E-state index is -0.396. The van der Waals surface area contributed by atoms with E-state index in [0.29, 0.717) is 18.1 Å². The van der Waals surface area contributed by atoms with Crippen LogP contribution < -0.4 is 5.32 Å². The van der Waals surface area contributed by atoms with Crippen LogP contribution in [0.25, 0.3) is 17.4 Å². The summed E-state index contributed by atoms with van der Waals surface area (Å²) in [4.78, 5) is 14.5. The van der Waals surface area contributed by atoms with Crippen molar-refractivity contribution < 1.29 is 13.9 Å². The highest BCUT2D eigenvalue weighted by Crippen LogP contribution is 2.25. The molecular formula is C20H20BrN3O3. The fraction of sp³-hybridized carbons (Fsp3) is 0.300. The second-order valence-electron chi connectivity index (χ2n) is 6.09. The first-order chi connectivity index (χ1) is 13.2. The summed E-state index contributed by atoms with van der Waals surface area (Å²) in [5, 5.41) is 12.1. The lowest BCUT2D eigenvalue weighted by atomic mass is 10.2. The van der Waals surface area contributed by atoms with Gasteiger partial charge in [-0.25, -0.2) is 0 Å². The van der Waals surface area contributed by atoms with Crippen molar-refractivity contribution in [2.75, 3.05) is 39.4 Å². The SMILES string of the molecule is N#CC(=Cc1ccc(-c2ccc(Br)cc2)o1)C(=O)NCCN1CCOCC1. The van der Waals surface area contributed by atoms with Gasteiger partial charge in [0, 0.05) is 42.3 Å². The average Bonchev–Trinajstić information content (AvgIpc) is 3.16. The molecule has 0 aliphatic carbocycles. The highest BCUT2D eigenvalue weighted by atomic mass is 79.9. The Morgan fingerprint density at radius 2 is 1.96 bits per heavy atom. The molecule has 1 N–H and O–H groups in total. The first kappa shape index (κ1) is 19.4. The minimum Gasteiger partial charge on any atom is -0.457 e. The van der Waals surface area contributed by atoms with Gasteiger partial charge in [0.1, 0.15) is 23.2 Å². The Bertz CT molecular complexity index is 846. The molecule has 0 saturated carbocycles. The number of halogens is 1. The molecule has 7 heteroatoms. The van der Waals surface area contributed by atoms with E-state index in [-0.39, 0.29) is 5.57 Å². The Hall–Kier alpha value is -2.40. The van der Waals surface area contributed by atoms with Gasteiger partial charge in [0.2, 0.25) is 0 Å². The van der Waals surface area contributed by atoms with Crippen molar-refractivity contribution in [3.8, 4) is 17.4 Å². The van der Waals surface area contributed by atoms with Gasteiger partial charge in [0.15, 0.2) is 0 Å². The summed E-state index contributed by atoms with van der Waals surface area (Å²) in [6, 6.07) is 13.2. The Balaban J connectivity index is 1.59. The van der Waals surface area contributed by atoms with Gasteiger partial charge in [-0.3, -0.25) is 9.69 Å². The number of carbonyl (C=O) groups is 1. The zero-order chi connectivity index (χ0) is 19.1. The van der Waals surface area contributed by atoms with Crippen LogP contribution in [0, 0.1) is 11.3 Å². The smallest absolute Gasteiger partial charge is 0.262 e. The quantitative estimate of drug-likeness (QED) is 0.563. The molecule has 1 aliphatic heterocycles. The fourth-order valence-corrected chi connectivity index (χ4v) is 3.00. The van der Waals surface area contributed by atoms with Gasteiger partial charge in [-0.2, -0.15) is 5.26 Å². The molecule has 0 bridgehead atoms. The van der Waals surface area contributed by atoms with Gasteiger partial charge < -0.3 is 14.5 Å². The fourth-order valence-electron chi connectivity index (χ4n) is 2.74. The molecule has 0 radical (unpaired) electrons. The van der Waals surface area contributed by atoms with Crippen LogP contribution >= 0.6 is 15.9 Å². The highest BCUT2D eigenvalue weighted by Gasteiger charge is 2.13. The number of nitriles is 1. The second kappa shape index (κ2) is 9.51. The van der Waals surface area contributed by atoms with E-state index >= 15 is 0 Å². The van der Waals surface area contributed by atoms with Crippen LogP contribution in [0.15, 0.2) is 50.9 Å². The number of nitrogens with one attached hydrogen (secondary N) is 1. The Kier molecular flexibility index (Phi) is 6.82. The number of nitrogens with zero attached hydrogens (tertiary/aromatic N) is 2. The summed E-state index contributed by atoms with van der Waals surface area (Å²) in [6.07, 6.45) is 1.46. The highest BCUT2D eigenvalue weighted by molar-refractivity contribution is 9.10. The van der Waals surface area contributed by atoms with Crippen molar-refractivity contribution in [3.63, 3.8) is 0 Å². The lowest BCUT2D eigenvalue weighted by molar-refractivity contribution is -0.117. The molecule has 1 fully saturated rings. The van der Waals surface area contributed by atoms with E-state index in [4.69, 9.17) is 9.15 Å². The van der Waals surface area contributed by atoms with Gasteiger partial charge in [0.05, 0.1) is 13.2 Å². The van der Waals surface area contributed by atoms with Crippen molar-refractivity contribution >= 4 is 27.9 Å². The molecule has 140 valence electrons. The number of furan rings is 1. The third-order valence-electron chi connectivity index (χ3n) is 4.22. The zero-order valence-electron chi connectivity index (χ0n) is 14.8. The van der Waals surface area contributed by atoms with Crippen LogP contribution in [-0.4, -0.2) is 50.2 Å². The molecule has 2 aromatic rings. The van der Waals surface area contributed by atoms with E-state index in [9.17, 15) is 10.1 Å². The van der Waals surface area contributed by atoms with Crippen LogP contribution in [0.1, 0.15) is 5.76 Å². The molecule has 2 heterocycles. The molecule has 1 saturated heterocycles. The summed E-state index contributed by atoms with van der Waals surface area (Å²) in [5.74, 6) is 0.749. The second-order valence-corrected chi connectivity index (χ2v) is 7.00. The maximum Gasteiger partial charge on any atom is 0.262 e. The molecule has 1 amide bonds. The van der Waals surface area contributed by atoms with E-state index in [1.807, 2.05) is 36.4 Å². The van der Waals surface area contributed by atoms with Crippen LogP contribution in [-0.2, 0) is 9.53 Å². The minimum absolute atomic E-state index is 0.0219. The molecule has 1 aliphatic rings. The van der Waals surface area contributed by atoms with Crippen LogP contribution in [0.5, 0.6) is 0 Å². The number of hydrogen-bond acceptors (Lipinski definition) is 5. The first-order valence-electron chi connectivity index (χ1n) is 8.71. The van der Waals surface area contributed by atoms with Gasteiger partial charge >= 0.3 is 0 Å². The Morgan fingerprint density at radius 3 is 2.67 bits per heavy atom. The number of hydrogen-bond donors (Lipinski definition) is 1. The molecule has 0 unspecified atom stereocenters. The number of morpholine rings is 1. The van der Waals surface area contributed by atoms with Gasteiger partial charge in [-0.05, 0) is 24.3 Å². The number of amides is 1. The van der Waals surface area contributed by atoms with Crippen molar-refractivity contribution in [2.45, 2.75) is 0 Å². The van der Waals surface area contributed by atoms with Crippen LogP contribution in [0.3, 0.4) is 0 Å². The van der Waals surface area contributed by atoms with E-state index in [1.165, 1.54) is 6.08 Å². The number of benzene rings is 1. The molecule has 1 aromatic carbocycles. The van der Waals surface area contributed by atoms with Crippen molar-refractivity contribution in [2.24, 2.45) is 0 Å². The summed E-state index contributed by atoms with van der Waals surface area (Å²) in [5.41, 5.74) is 0.944. The molecule has 6 nitrogen and oxygen atoms in total. The number of rotatable bonds is 6. The van der Waals surface area contributed by atoms with Crippen LogP contribution in [0.2, 0.25) is 0 Å². The predicted molar refractivity (Wildman–Crippen MR) is 106 cm³/mol. The van der Waals surface area contributed by atoms with E-state index in [0.717, 1.165) is 42.9 Å². The zero-order valence-corrected chi connectivity index (χ0v) is 16.4. The number of ether oxygens (including phenoxy) is 1. The molecule has 27 heavy (non-hydrogen) atoms. The lowest BCUT2D eigenvalue weighted by Gasteiger charge is -2.26. The number of carbonyl (C=O) groups excluding carboxylic acids is 1. The molecule has 1 aromatic heterocycles.